The van der Waals surface area contributed by atoms with Gasteiger partial charge in [0, 0.05) is 19.2 Å². The summed E-state index contributed by atoms with van der Waals surface area (Å²) < 4.78 is 31.3. The average molecular weight is 297 g/mol. The number of pyridine rings is 1. The summed E-state index contributed by atoms with van der Waals surface area (Å²) in [6, 6.07) is 5.23. The molecule has 1 aromatic heterocycles. The Morgan fingerprint density at radius 2 is 2.15 bits per heavy atom. The number of morpholine rings is 1. The summed E-state index contributed by atoms with van der Waals surface area (Å²) in [7, 11) is -3.46. The monoisotopic (exact) mass is 297 g/mol. The number of sulfonamides is 1. The maximum absolute atomic E-state index is 12.3. The summed E-state index contributed by atoms with van der Waals surface area (Å²) in [5, 5.41) is 11.4. The molecule has 108 valence electrons. The van der Waals surface area contributed by atoms with Crippen LogP contribution in [-0.4, -0.2) is 45.6 Å². The van der Waals surface area contributed by atoms with Crippen LogP contribution in [0.25, 0.3) is 0 Å². The van der Waals surface area contributed by atoms with Crippen LogP contribution < -0.4 is 10.3 Å². The van der Waals surface area contributed by atoms with Gasteiger partial charge in [0.2, 0.25) is 10.0 Å². The van der Waals surface area contributed by atoms with E-state index in [2.05, 4.69) is 10.3 Å². The Labute approximate surface area is 118 Å². The zero-order valence-corrected chi connectivity index (χ0v) is 11.8. The van der Waals surface area contributed by atoms with Crippen LogP contribution in [0, 0.1) is 11.3 Å². The molecule has 7 nitrogen and oxygen atoms in total. The molecule has 1 aromatic rings. The van der Waals surface area contributed by atoms with Crippen molar-refractivity contribution in [2.24, 2.45) is 0 Å². The Morgan fingerprint density at radius 3 is 2.75 bits per heavy atom. The second kappa shape index (κ2) is 6.65. The molecular weight excluding hydrogens is 280 g/mol. The maximum atomic E-state index is 12.3. The Kier molecular flexibility index (Phi) is 4.89. The number of nitriles is 1. The van der Waals surface area contributed by atoms with Crippen LogP contribution >= 0.6 is 0 Å². The van der Waals surface area contributed by atoms with E-state index in [1.165, 1.54) is 10.5 Å². The fourth-order valence-corrected chi connectivity index (χ4v) is 3.25. The summed E-state index contributed by atoms with van der Waals surface area (Å²) in [4.78, 5) is 3.11. The highest BCUT2D eigenvalue weighted by atomic mass is 32.2. The molecule has 0 bridgehead atoms. The van der Waals surface area contributed by atoms with Gasteiger partial charge in [0.15, 0.2) is 0 Å². The lowest BCUT2D eigenvalue weighted by atomic mass is 10.4. The predicted molar refractivity (Wildman–Crippen MR) is 71.3 cm³/mol. The van der Waals surface area contributed by atoms with Gasteiger partial charge in [-0.2, -0.15) is 9.57 Å². The van der Waals surface area contributed by atoms with Crippen LogP contribution in [0.1, 0.15) is 6.42 Å². The minimum Gasteiger partial charge on any atom is -0.379 e. The van der Waals surface area contributed by atoms with Gasteiger partial charge in [-0.25, -0.2) is 13.4 Å². The molecule has 0 atom stereocenters. The Hall–Kier alpha value is -1.69. The van der Waals surface area contributed by atoms with Gasteiger partial charge in [-0.15, -0.1) is 0 Å². The first-order chi connectivity index (χ1) is 9.64. The van der Waals surface area contributed by atoms with Crippen LogP contribution in [0.2, 0.25) is 0 Å². The second-order valence-corrected chi connectivity index (χ2v) is 6.23. The first kappa shape index (κ1) is 14.7. The Balaban J connectivity index is 2.06. The number of nitrogens with zero attached hydrogens (tertiary/aromatic N) is 2. The summed E-state index contributed by atoms with van der Waals surface area (Å²) in [5.74, 6) is 0.682. The topological polar surface area (TPSA) is 96.6 Å². The molecule has 1 saturated heterocycles. The van der Waals surface area contributed by atoms with Crippen LogP contribution in [0.5, 0.6) is 0 Å². The molecule has 20 heavy (non-hydrogen) atoms. The third-order valence-electron chi connectivity index (χ3n) is 2.94. The summed E-state index contributed by atoms with van der Waals surface area (Å²) in [6.45, 7) is 2.13. The van der Waals surface area contributed by atoms with E-state index in [9.17, 15) is 8.42 Å². The van der Waals surface area contributed by atoms with Gasteiger partial charge >= 0.3 is 0 Å². The molecule has 0 aromatic carbocycles. The van der Waals surface area contributed by atoms with Crippen LogP contribution in [0.15, 0.2) is 23.2 Å². The minimum absolute atomic E-state index is 0.227. The van der Waals surface area contributed by atoms with Gasteiger partial charge < -0.3 is 4.74 Å². The molecule has 8 heteroatoms. The SMILES string of the molecule is N#CCCNc1ccc(S(=O)(=O)N2CCOCC2)c[nH+]1. The number of anilines is 1. The number of H-pyrrole nitrogens is 1. The first-order valence-electron chi connectivity index (χ1n) is 6.35. The molecule has 2 heterocycles. The highest BCUT2D eigenvalue weighted by Gasteiger charge is 2.27. The summed E-state index contributed by atoms with van der Waals surface area (Å²) in [5.41, 5.74) is 0. The highest BCUT2D eigenvalue weighted by molar-refractivity contribution is 7.89. The number of aromatic nitrogens is 1. The number of rotatable bonds is 5. The van der Waals surface area contributed by atoms with Crippen molar-refractivity contribution in [3.8, 4) is 6.07 Å². The molecule has 0 radical (unpaired) electrons. The number of hydrogen-bond donors (Lipinski definition) is 1. The molecular formula is C12H17N4O3S+. The minimum atomic E-state index is -3.46. The Bertz CT molecular complexity index is 574. The molecule has 1 fully saturated rings. The zero-order chi connectivity index (χ0) is 14.4. The largest absolute Gasteiger partial charge is 0.379 e. The van der Waals surface area contributed by atoms with Crippen molar-refractivity contribution in [2.75, 3.05) is 38.2 Å². The van der Waals surface area contributed by atoms with Crippen molar-refractivity contribution >= 4 is 15.8 Å². The number of nitrogens with one attached hydrogen (secondary N) is 2. The molecule has 1 aliphatic rings. The number of aromatic amines is 1. The molecule has 2 rings (SSSR count). The van der Waals surface area contributed by atoms with E-state index in [1.54, 1.807) is 12.1 Å². The van der Waals surface area contributed by atoms with Gasteiger partial charge in [0.25, 0.3) is 5.82 Å². The smallest absolute Gasteiger partial charge is 0.272 e. The van der Waals surface area contributed by atoms with Gasteiger partial charge in [-0.1, -0.05) is 0 Å². The first-order valence-corrected chi connectivity index (χ1v) is 7.79. The molecule has 0 amide bonds. The number of hydrogen-bond acceptors (Lipinski definition) is 5. The summed E-state index contributed by atoms with van der Waals surface area (Å²) in [6.07, 6.45) is 1.85. The van der Waals surface area contributed by atoms with Gasteiger partial charge in [0.1, 0.15) is 11.1 Å². The lowest BCUT2D eigenvalue weighted by molar-refractivity contribution is -0.364. The zero-order valence-electron chi connectivity index (χ0n) is 11.0. The average Bonchev–Trinajstić information content (AvgIpc) is 2.49. The molecule has 0 unspecified atom stereocenters. The van der Waals surface area contributed by atoms with Crippen LogP contribution in [-0.2, 0) is 14.8 Å². The van der Waals surface area contributed by atoms with Crippen molar-refractivity contribution in [3.05, 3.63) is 18.3 Å². The van der Waals surface area contributed by atoms with Crippen molar-refractivity contribution in [2.45, 2.75) is 11.3 Å². The van der Waals surface area contributed by atoms with E-state index in [-0.39, 0.29) is 4.90 Å². The molecule has 0 saturated carbocycles. The molecule has 0 aliphatic carbocycles. The second-order valence-electron chi connectivity index (χ2n) is 4.29. The van der Waals surface area contributed by atoms with Crippen LogP contribution in [0.3, 0.4) is 0 Å². The van der Waals surface area contributed by atoms with E-state index >= 15 is 0 Å². The fourth-order valence-electron chi connectivity index (χ4n) is 1.87. The predicted octanol–water partition coefficient (Wildman–Crippen LogP) is -0.153. The van der Waals surface area contributed by atoms with Crippen molar-refractivity contribution < 1.29 is 18.1 Å². The standard InChI is InChI=1S/C12H16N4O3S/c13-4-1-5-14-12-3-2-11(10-15-12)20(17,18)16-6-8-19-9-7-16/h2-3,10H,1,5-9H2,(H,14,15)/p+1. The van der Waals surface area contributed by atoms with Gasteiger partial charge in [-0.3, -0.25) is 5.32 Å². The highest BCUT2D eigenvalue weighted by Crippen LogP contribution is 2.15. The van der Waals surface area contributed by atoms with E-state index in [4.69, 9.17) is 10.00 Å². The van der Waals surface area contributed by atoms with Gasteiger partial charge in [0.05, 0.1) is 32.2 Å². The van der Waals surface area contributed by atoms with Crippen LogP contribution in [0.4, 0.5) is 5.82 Å². The maximum Gasteiger partial charge on any atom is 0.272 e. The molecule has 1 aliphatic heterocycles. The normalized spacial score (nSPS) is 16.6. The van der Waals surface area contributed by atoms with E-state index < -0.39 is 10.0 Å². The quantitative estimate of drug-likeness (QED) is 0.762. The van der Waals surface area contributed by atoms with E-state index in [1.807, 2.05) is 6.07 Å². The van der Waals surface area contributed by atoms with E-state index in [0.717, 1.165) is 0 Å². The lowest BCUT2D eigenvalue weighted by Gasteiger charge is -2.25. The summed E-state index contributed by atoms with van der Waals surface area (Å²) >= 11 is 0. The third-order valence-corrected chi connectivity index (χ3v) is 4.84. The lowest BCUT2D eigenvalue weighted by Crippen LogP contribution is -2.40. The van der Waals surface area contributed by atoms with Crippen molar-refractivity contribution in [3.63, 3.8) is 0 Å². The third kappa shape index (κ3) is 3.45. The molecule has 0 spiro atoms. The van der Waals surface area contributed by atoms with Gasteiger partial charge in [-0.05, 0) is 6.07 Å². The molecule has 2 N–H and O–H groups in total. The number of ether oxygens (including phenoxy) is 1. The van der Waals surface area contributed by atoms with E-state index in [0.29, 0.717) is 45.1 Å². The van der Waals surface area contributed by atoms with Crippen molar-refractivity contribution in [1.29, 1.82) is 5.26 Å². The fraction of sp³-hybridized carbons (Fsp3) is 0.500. The van der Waals surface area contributed by atoms with Crippen molar-refractivity contribution in [1.82, 2.24) is 4.31 Å². The Morgan fingerprint density at radius 1 is 1.40 bits per heavy atom.